The molecule has 0 heterocycles. The molecule has 11 heteroatoms. The standard InChI is InChI=1S/C27H28BrCl2N3O4S/c1-4-31-27(35)19(3)32(16-20-10-13-24(29)25(30)14-20)26(34)17-33(22-7-5-6-21(28)15-22)38(36,37)23-11-8-18(2)9-12-23/h5-15,19H,4,16-17H2,1-3H3,(H,31,35)/t19-/m0/s1. The summed E-state index contributed by atoms with van der Waals surface area (Å²) in [6, 6.07) is 17.1. The molecule has 1 atom stereocenters. The molecule has 0 saturated carbocycles. The second-order valence-corrected chi connectivity index (χ2v) is 12.2. The van der Waals surface area contributed by atoms with Crippen molar-refractivity contribution in [1.29, 1.82) is 0 Å². The van der Waals surface area contributed by atoms with Gasteiger partial charge >= 0.3 is 0 Å². The first-order valence-corrected chi connectivity index (χ1v) is 14.8. The van der Waals surface area contributed by atoms with Gasteiger partial charge in [0.05, 0.1) is 20.6 Å². The van der Waals surface area contributed by atoms with E-state index < -0.39 is 28.5 Å². The van der Waals surface area contributed by atoms with Gasteiger partial charge in [-0.2, -0.15) is 0 Å². The number of benzene rings is 3. The zero-order valence-corrected chi connectivity index (χ0v) is 25.0. The van der Waals surface area contributed by atoms with Gasteiger partial charge in [0.15, 0.2) is 0 Å². The number of nitrogens with zero attached hydrogens (tertiary/aromatic N) is 2. The van der Waals surface area contributed by atoms with E-state index in [1.165, 1.54) is 17.0 Å². The molecule has 0 radical (unpaired) electrons. The number of hydrogen-bond acceptors (Lipinski definition) is 4. The number of aryl methyl sites for hydroxylation is 1. The van der Waals surface area contributed by atoms with Crippen molar-refractivity contribution in [3.63, 3.8) is 0 Å². The number of carbonyl (C=O) groups excluding carboxylic acids is 2. The van der Waals surface area contributed by atoms with Gasteiger partial charge in [0.2, 0.25) is 11.8 Å². The van der Waals surface area contributed by atoms with Crippen LogP contribution < -0.4 is 9.62 Å². The lowest BCUT2D eigenvalue weighted by atomic mass is 10.1. The normalized spacial score (nSPS) is 12.1. The maximum atomic E-state index is 13.8. The van der Waals surface area contributed by atoms with Gasteiger partial charge in [-0.1, -0.05) is 69.0 Å². The predicted octanol–water partition coefficient (Wildman–Crippen LogP) is 5.81. The SMILES string of the molecule is CCNC(=O)[C@H](C)N(Cc1ccc(Cl)c(Cl)c1)C(=O)CN(c1cccc(Br)c1)S(=O)(=O)c1ccc(C)cc1. The molecule has 0 spiro atoms. The lowest BCUT2D eigenvalue weighted by Crippen LogP contribution is -2.51. The van der Waals surface area contributed by atoms with Crippen molar-refractivity contribution in [1.82, 2.24) is 10.2 Å². The first-order chi connectivity index (χ1) is 17.9. The lowest BCUT2D eigenvalue weighted by Gasteiger charge is -2.32. The second kappa shape index (κ2) is 13.0. The molecule has 38 heavy (non-hydrogen) atoms. The Balaban J connectivity index is 2.04. The summed E-state index contributed by atoms with van der Waals surface area (Å²) in [5.41, 5.74) is 1.84. The average Bonchev–Trinajstić information content (AvgIpc) is 2.87. The van der Waals surface area contributed by atoms with Crippen molar-refractivity contribution in [2.45, 2.75) is 38.3 Å². The highest BCUT2D eigenvalue weighted by Gasteiger charge is 2.32. The Kier molecular flexibility index (Phi) is 10.2. The molecular formula is C27H28BrCl2N3O4S. The molecule has 202 valence electrons. The van der Waals surface area contributed by atoms with Crippen molar-refractivity contribution in [2.75, 3.05) is 17.4 Å². The van der Waals surface area contributed by atoms with Crippen molar-refractivity contribution in [3.05, 3.63) is 92.4 Å². The maximum absolute atomic E-state index is 13.8. The number of amides is 2. The van der Waals surface area contributed by atoms with Crippen LogP contribution in [0.15, 0.2) is 76.1 Å². The van der Waals surface area contributed by atoms with Crippen LogP contribution >= 0.6 is 39.1 Å². The largest absolute Gasteiger partial charge is 0.355 e. The summed E-state index contributed by atoms with van der Waals surface area (Å²) in [5.74, 6) is -0.929. The van der Waals surface area contributed by atoms with Gasteiger partial charge < -0.3 is 10.2 Å². The Hall–Kier alpha value is -2.59. The third kappa shape index (κ3) is 7.28. The third-order valence-electron chi connectivity index (χ3n) is 5.84. The molecule has 0 aliphatic carbocycles. The van der Waals surface area contributed by atoms with Crippen LogP contribution in [0.5, 0.6) is 0 Å². The lowest BCUT2D eigenvalue weighted by molar-refractivity contribution is -0.139. The first kappa shape index (κ1) is 30.0. The topological polar surface area (TPSA) is 86.8 Å². The van der Waals surface area contributed by atoms with E-state index in [2.05, 4.69) is 21.2 Å². The molecule has 3 aromatic carbocycles. The molecule has 3 rings (SSSR count). The molecule has 0 aromatic heterocycles. The number of sulfonamides is 1. The molecule has 2 amide bonds. The van der Waals surface area contributed by atoms with E-state index in [-0.39, 0.29) is 17.3 Å². The van der Waals surface area contributed by atoms with Gasteiger partial charge in [-0.15, -0.1) is 0 Å². The monoisotopic (exact) mass is 639 g/mol. The number of nitrogens with one attached hydrogen (secondary N) is 1. The predicted molar refractivity (Wildman–Crippen MR) is 155 cm³/mol. The van der Waals surface area contributed by atoms with E-state index in [1.807, 2.05) is 6.92 Å². The van der Waals surface area contributed by atoms with Gasteiger partial charge in [-0.3, -0.25) is 13.9 Å². The van der Waals surface area contributed by atoms with Crippen LogP contribution in [0.3, 0.4) is 0 Å². The first-order valence-electron chi connectivity index (χ1n) is 11.8. The van der Waals surface area contributed by atoms with Crippen LogP contribution in [0.2, 0.25) is 10.0 Å². The van der Waals surface area contributed by atoms with Gasteiger partial charge in [-0.05, 0) is 68.8 Å². The summed E-state index contributed by atoms with van der Waals surface area (Å²) in [7, 11) is -4.13. The fourth-order valence-electron chi connectivity index (χ4n) is 3.74. The Bertz CT molecular complexity index is 1420. The fraction of sp³-hybridized carbons (Fsp3) is 0.259. The zero-order chi connectivity index (χ0) is 28.0. The number of rotatable bonds is 10. The summed E-state index contributed by atoms with van der Waals surface area (Å²) < 4.78 is 29.3. The Labute approximate surface area is 241 Å². The van der Waals surface area contributed by atoms with Crippen LogP contribution in [0, 0.1) is 6.92 Å². The van der Waals surface area contributed by atoms with E-state index in [0.717, 1.165) is 9.87 Å². The molecule has 0 aliphatic rings. The highest BCUT2D eigenvalue weighted by atomic mass is 79.9. The molecule has 0 unspecified atom stereocenters. The van der Waals surface area contributed by atoms with E-state index in [4.69, 9.17) is 23.2 Å². The van der Waals surface area contributed by atoms with Crippen LogP contribution in [0.4, 0.5) is 5.69 Å². The molecule has 7 nitrogen and oxygen atoms in total. The summed E-state index contributed by atoms with van der Waals surface area (Å²) in [6.07, 6.45) is 0. The minimum atomic E-state index is -4.13. The van der Waals surface area contributed by atoms with Gasteiger partial charge in [0.1, 0.15) is 12.6 Å². The highest BCUT2D eigenvalue weighted by molar-refractivity contribution is 9.10. The number of halogens is 3. The third-order valence-corrected chi connectivity index (χ3v) is 8.86. The summed E-state index contributed by atoms with van der Waals surface area (Å²) >= 11 is 15.6. The quantitative estimate of drug-likeness (QED) is 0.303. The van der Waals surface area contributed by atoms with E-state index in [1.54, 1.807) is 68.4 Å². The van der Waals surface area contributed by atoms with Crippen molar-refractivity contribution < 1.29 is 18.0 Å². The van der Waals surface area contributed by atoms with Gasteiger partial charge in [-0.25, -0.2) is 8.42 Å². The van der Waals surface area contributed by atoms with Crippen LogP contribution in [0.25, 0.3) is 0 Å². The second-order valence-electron chi connectivity index (χ2n) is 8.65. The summed E-state index contributed by atoms with van der Waals surface area (Å²) in [4.78, 5) is 28.0. The molecule has 3 aromatic rings. The smallest absolute Gasteiger partial charge is 0.264 e. The molecule has 0 saturated heterocycles. The minimum absolute atomic E-state index is 0.0188. The average molecular weight is 641 g/mol. The van der Waals surface area contributed by atoms with E-state index >= 15 is 0 Å². The highest BCUT2D eigenvalue weighted by Crippen LogP contribution is 2.28. The minimum Gasteiger partial charge on any atom is -0.355 e. The number of carbonyl (C=O) groups is 2. The maximum Gasteiger partial charge on any atom is 0.264 e. The molecular weight excluding hydrogens is 613 g/mol. The van der Waals surface area contributed by atoms with Crippen molar-refractivity contribution >= 4 is 66.7 Å². The molecule has 0 aliphatic heterocycles. The molecule has 0 bridgehead atoms. The van der Waals surface area contributed by atoms with Crippen molar-refractivity contribution in [3.8, 4) is 0 Å². The Morgan fingerprint density at radius 3 is 2.29 bits per heavy atom. The van der Waals surface area contributed by atoms with Gasteiger partial charge in [0, 0.05) is 17.6 Å². The summed E-state index contributed by atoms with van der Waals surface area (Å²) in [6.45, 7) is 5.10. The van der Waals surface area contributed by atoms with Gasteiger partial charge in [0.25, 0.3) is 10.0 Å². The molecule has 0 fully saturated rings. The fourth-order valence-corrected chi connectivity index (χ4v) is 5.85. The zero-order valence-electron chi connectivity index (χ0n) is 21.1. The molecule has 1 N–H and O–H groups in total. The van der Waals surface area contributed by atoms with Crippen LogP contribution in [0.1, 0.15) is 25.0 Å². The Morgan fingerprint density at radius 2 is 1.68 bits per heavy atom. The number of anilines is 1. The van der Waals surface area contributed by atoms with E-state index in [9.17, 15) is 18.0 Å². The number of hydrogen-bond donors (Lipinski definition) is 1. The summed E-state index contributed by atoms with van der Waals surface area (Å²) in [5, 5.41) is 3.38. The number of likely N-dealkylation sites (N-methyl/N-ethyl adjacent to an activating group) is 1. The van der Waals surface area contributed by atoms with Crippen LogP contribution in [-0.4, -0.2) is 44.3 Å². The van der Waals surface area contributed by atoms with Crippen molar-refractivity contribution in [2.24, 2.45) is 0 Å². The van der Waals surface area contributed by atoms with E-state index in [0.29, 0.717) is 32.3 Å². The Morgan fingerprint density at radius 1 is 1.00 bits per heavy atom. The van der Waals surface area contributed by atoms with Crippen LogP contribution in [-0.2, 0) is 26.2 Å².